The number of nitrogens with zero attached hydrogens (tertiary/aromatic N) is 1. The third kappa shape index (κ3) is 2.63. The summed E-state index contributed by atoms with van der Waals surface area (Å²) in [6.45, 7) is 6.45. The zero-order valence-electron chi connectivity index (χ0n) is 9.38. The number of aromatic nitrogens is 1. The van der Waals surface area contributed by atoms with E-state index in [-0.39, 0.29) is 5.41 Å². The predicted molar refractivity (Wildman–Crippen MR) is 61.6 cm³/mol. The Morgan fingerprint density at radius 3 is 2.60 bits per heavy atom. The number of rotatable bonds is 2. The molecule has 1 aromatic rings. The minimum absolute atomic E-state index is 0.0435. The van der Waals surface area contributed by atoms with Crippen LogP contribution in [0.5, 0.6) is 5.75 Å². The maximum absolute atomic E-state index is 5.88. The van der Waals surface area contributed by atoms with E-state index < -0.39 is 0 Å². The van der Waals surface area contributed by atoms with Gasteiger partial charge in [-0.1, -0.05) is 32.4 Å². The molecule has 1 saturated carbocycles. The van der Waals surface area contributed by atoms with Crippen LogP contribution in [0.15, 0.2) is 12.3 Å². The van der Waals surface area contributed by atoms with Crippen LogP contribution in [-0.4, -0.2) is 11.1 Å². The lowest BCUT2D eigenvalue weighted by Gasteiger charge is -2.22. The molecule has 0 radical (unpaired) electrons. The van der Waals surface area contributed by atoms with E-state index in [1.54, 1.807) is 0 Å². The quantitative estimate of drug-likeness (QED) is 0.718. The Balaban J connectivity index is 2.34. The average molecular weight is 226 g/mol. The van der Waals surface area contributed by atoms with Crippen molar-refractivity contribution < 1.29 is 4.74 Å². The van der Waals surface area contributed by atoms with Crippen LogP contribution in [0.2, 0.25) is 5.15 Å². The first-order valence-corrected chi connectivity index (χ1v) is 5.67. The summed E-state index contributed by atoms with van der Waals surface area (Å²) in [5.74, 6) is 0.894. The Bertz CT molecular complexity index is 366. The summed E-state index contributed by atoms with van der Waals surface area (Å²) in [5, 5.41) is 0.499. The van der Waals surface area contributed by atoms with E-state index in [2.05, 4.69) is 25.8 Å². The average Bonchev–Trinajstić information content (AvgIpc) is 2.85. The molecule has 0 aliphatic heterocycles. The highest BCUT2D eigenvalue weighted by molar-refractivity contribution is 6.29. The monoisotopic (exact) mass is 225 g/mol. The molecule has 1 aliphatic carbocycles. The van der Waals surface area contributed by atoms with E-state index >= 15 is 0 Å². The lowest BCUT2D eigenvalue weighted by molar-refractivity contribution is 0.294. The van der Waals surface area contributed by atoms with Gasteiger partial charge in [-0.25, -0.2) is 4.98 Å². The Morgan fingerprint density at radius 2 is 2.07 bits per heavy atom. The molecule has 1 aliphatic rings. The Morgan fingerprint density at radius 1 is 1.40 bits per heavy atom. The van der Waals surface area contributed by atoms with E-state index in [0.717, 1.165) is 24.2 Å². The molecule has 15 heavy (non-hydrogen) atoms. The summed E-state index contributed by atoms with van der Waals surface area (Å²) >= 11 is 5.88. The molecule has 3 heteroatoms. The minimum Gasteiger partial charge on any atom is -0.490 e. The van der Waals surface area contributed by atoms with Crippen molar-refractivity contribution >= 4 is 11.6 Å². The van der Waals surface area contributed by atoms with Crippen molar-refractivity contribution in [2.75, 3.05) is 0 Å². The summed E-state index contributed by atoms with van der Waals surface area (Å²) in [7, 11) is 0. The molecular weight excluding hydrogens is 210 g/mol. The van der Waals surface area contributed by atoms with Crippen molar-refractivity contribution in [2.45, 2.75) is 45.1 Å². The van der Waals surface area contributed by atoms with Gasteiger partial charge in [-0.05, 0) is 18.3 Å². The molecule has 82 valence electrons. The second-order valence-corrected chi connectivity index (χ2v) is 5.46. The van der Waals surface area contributed by atoms with Crippen molar-refractivity contribution in [1.29, 1.82) is 0 Å². The normalized spacial score (nSPS) is 16.5. The van der Waals surface area contributed by atoms with Crippen molar-refractivity contribution in [3.8, 4) is 5.75 Å². The predicted octanol–water partition coefficient (Wildman–Crippen LogP) is 3.57. The fourth-order valence-corrected chi connectivity index (χ4v) is 1.59. The molecular formula is C12H16ClNO. The van der Waals surface area contributed by atoms with E-state index in [9.17, 15) is 0 Å². The molecule has 0 atom stereocenters. The fourth-order valence-electron chi connectivity index (χ4n) is 1.44. The third-order valence-corrected chi connectivity index (χ3v) is 2.67. The number of hydrogen-bond acceptors (Lipinski definition) is 2. The largest absolute Gasteiger partial charge is 0.490 e. The van der Waals surface area contributed by atoms with Gasteiger partial charge >= 0.3 is 0 Å². The van der Waals surface area contributed by atoms with Crippen LogP contribution in [0.4, 0.5) is 0 Å². The Labute approximate surface area is 95.6 Å². The van der Waals surface area contributed by atoms with Gasteiger partial charge in [0.2, 0.25) is 0 Å². The van der Waals surface area contributed by atoms with Gasteiger partial charge in [-0.2, -0.15) is 0 Å². The van der Waals surface area contributed by atoms with Gasteiger partial charge in [-0.3, -0.25) is 0 Å². The summed E-state index contributed by atoms with van der Waals surface area (Å²) < 4.78 is 5.84. The lowest BCUT2D eigenvalue weighted by atomic mass is 9.87. The summed E-state index contributed by atoms with van der Waals surface area (Å²) in [6.07, 6.45) is 4.53. The Hall–Kier alpha value is -0.760. The molecule has 0 aromatic carbocycles. The molecule has 0 saturated heterocycles. The third-order valence-electron chi connectivity index (χ3n) is 2.46. The number of pyridine rings is 1. The van der Waals surface area contributed by atoms with Crippen molar-refractivity contribution in [2.24, 2.45) is 0 Å². The van der Waals surface area contributed by atoms with Crippen LogP contribution in [0.1, 0.15) is 39.2 Å². The standard InChI is InChI=1S/C12H16ClNO/c1-12(2,3)9-7-14-11(13)6-10(9)15-8-4-5-8/h6-8H,4-5H2,1-3H3. The minimum atomic E-state index is 0.0435. The number of halogens is 1. The maximum Gasteiger partial charge on any atom is 0.132 e. The molecule has 1 fully saturated rings. The first-order chi connectivity index (χ1) is 6.97. The lowest BCUT2D eigenvalue weighted by Crippen LogP contribution is -2.14. The van der Waals surface area contributed by atoms with Crippen molar-refractivity contribution in [3.63, 3.8) is 0 Å². The van der Waals surface area contributed by atoms with E-state index in [0.29, 0.717) is 11.3 Å². The molecule has 0 unspecified atom stereocenters. The summed E-state index contributed by atoms with van der Waals surface area (Å²) in [6, 6.07) is 1.82. The van der Waals surface area contributed by atoms with Crippen LogP contribution < -0.4 is 4.74 Å². The van der Waals surface area contributed by atoms with Gasteiger partial charge in [0.15, 0.2) is 0 Å². The second-order valence-electron chi connectivity index (χ2n) is 5.07. The Kier molecular flexibility index (Phi) is 2.63. The van der Waals surface area contributed by atoms with Gasteiger partial charge in [0.25, 0.3) is 0 Å². The van der Waals surface area contributed by atoms with Crippen LogP contribution in [0, 0.1) is 0 Å². The second kappa shape index (κ2) is 3.67. The SMILES string of the molecule is CC(C)(C)c1cnc(Cl)cc1OC1CC1. The zero-order chi connectivity index (χ0) is 11.1. The van der Waals surface area contributed by atoms with Gasteiger partial charge < -0.3 is 4.74 Å². The molecule has 1 heterocycles. The molecule has 1 aromatic heterocycles. The highest BCUT2D eigenvalue weighted by atomic mass is 35.5. The van der Waals surface area contributed by atoms with Crippen LogP contribution in [-0.2, 0) is 5.41 Å². The van der Waals surface area contributed by atoms with E-state index in [4.69, 9.17) is 16.3 Å². The molecule has 0 spiro atoms. The molecule has 0 bridgehead atoms. The van der Waals surface area contributed by atoms with Crippen molar-refractivity contribution in [3.05, 3.63) is 23.0 Å². The molecule has 0 N–H and O–H groups in total. The van der Waals surface area contributed by atoms with Crippen LogP contribution >= 0.6 is 11.6 Å². The summed E-state index contributed by atoms with van der Waals surface area (Å²) in [5.41, 5.74) is 1.17. The van der Waals surface area contributed by atoms with Crippen LogP contribution in [0.3, 0.4) is 0 Å². The number of hydrogen-bond donors (Lipinski definition) is 0. The first-order valence-electron chi connectivity index (χ1n) is 5.29. The first kappa shape index (κ1) is 10.7. The van der Waals surface area contributed by atoms with E-state index in [1.165, 1.54) is 0 Å². The van der Waals surface area contributed by atoms with Gasteiger partial charge in [0.05, 0.1) is 6.10 Å². The highest BCUT2D eigenvalue weighted by Crippen LogP contribution is 2.35. The zero-order valence-corrected chi connectivity index (χ0v) is 10.1. The van der Waals surface area contributed by atoms with Crippen molar-refractivity contribution in [1.82, 2.24) is 4.98 Å². The molecule has 2 nitrogen and oxygen atoms in total. The topological polar surface area (TPSA) is 22.1 Å². The highest BCUT2D eigenvalue weighted by Gasteiger charge is 2.27. The van der Waals surface area contributed by atoms with Gasteiger partial charge in [-0.15, -0.1) is 0 Å². The fraction of sp³-hybridized carbons (Fsp3) is 0.583. The molecule has 2 rings (SSSR count). The van der Waals surface area contributed by atoms with E-state index in [1.807, 2.05) is 12.3 Å². The smallest absolute Gasteiger partial charge is 0.132 e. The number of ether oxygens (including phenoxy) is 1. The summed E-state index contributed by atoms with van der Waals surface area (Å²) in [4.78, 5) is 4.12. The van der Waals surface area contributed by atoms with Crippen LogP contribution in [0.25, 0.3) is 0 Å². The maximum atomic E-state index is 5.88. The van der Waals surface area contributed by atoms with Gasteiger partial charge in [0.1, 0.15) is 10.9 Å². The molecule has 0 amide bonds. The van der Waals surface area contributed by atoms with Gasteiger partial charge in [0, 0.05) is 17.8 Å².